The number of nitrogen functional groups attached to an aromatic ring is 1. The molecule has 0 bridgehead atoms. The van der Waals surface area contributed by atoms with E-state index in [1.807, 2.05) is 11.0 Å². The largest absolute Gasteiger partial charge is 0.478 e. The highest BCUT2D eigenvalue weighted by atomic mass is 16.5. The van der Waals surface area contributed by atoms with Gasteiger partial charge in [-0.1, -0.05) is 6.07 Å². The summed E-state index contributed by atoms with van der Waals surface area (Å²) in [5.41, 5.74) is 6.95. The van der Waals surface area contributed by atoms with Gasteiger partial charge in [0.25, 0.3) is 0 Å². The number of para-hydroxylation sites is 1. The van der Waals surface area contributed by atoms with Crippen LogP contribution in [0.5, 0.6) is 0 Å². The standard InChI is InChI=1S/C18H18N4O5/c1-26-18(25)16-14(20)11(9-19)10-22(16)13-4-2-3-12(17(23)24)15(13)21-5-7-27-8-6-21/h2-4,10H,5-8,20H2,1H3,(H,23,24). The predicted molar refractivity (Wildman–Crippen MR) is 96.2 cm³/mol. The third-order valence-electron chi connectivity index (χ3n) is 4.38. The number of benzene rings is 1. The maximum atomic E-state index is 12.3. The molecule has 0 radical (unpaired) electrons. The third-order valence-corrected chi connectivity index (χ3v) is 4.38. The smallest absolute Gasteiger partial charge is 0.357 e. The topological polar surface area (TPSA) is 131 Å². The van der Waals surface area contributed by atoms with E-state index >= 15 is 0 Å². The van der Waals surface area contributed by atoms with Gasteiger partial charge >= 0.3 is 11.9 Å². The molecule has 1 aromatic heterocycles. The molecule has 1 saturated heterocycles. The fraction of sp³-hybridized carbons (Fsp3) is 0.278. The van der Waals surface area contributed by atoms with Crippen LogP contribution in [0.4, 0.5) is 11.4 Å². The second kappa shape index (κ2) is 7.39. The van der Waals surface area contributed by atoms with E-state index in [2.05, 4.69) is 0 Å². The van der Waals surface area contributed by atoms with Gasteiger partial charge in [0, 0.05) is 19.3 Å². The van der Waals surface area contributed by atoms with Crippen LogP contribution in [-0.2, 0) is 9.47 Å². The van der Waals surface area contributed by atoms with Crippen molar-refractivity contribution in [1.29, 1.82) is 5.26 Å². The predicted octanol–water partition coefficient (Wildman–Crippen LogP) is 1.25. The average Bonchev–Trinajstić information content (AvgIpc) is 3.03. The Hall–Kier alpha value is -3.51. The molecule has 27 heavy (non-hydrogen) atoms. The van der Waals surface area contributed by atoms with Crippen LogP contribution in [0.25, 0.3) is 5.69 Å². The first kappa shape index (κ1) is 18.3. The summed E-state index contributed by atoms with van der Waals surface area (Å²) in [6.45, 7) is 1.89. The molecule has 1 aliphatic heterocycles. The van der Waals surface area contributed by atoms with Crippen LogP contribution < -0.4 is 10.6 Å². The molecule has 0 spiro atoms. The summed E-state index contributed by atoms with van der Waals surface area (Å²) in [6.07, 6.45) is 1.41. The fourth-order valence-corrected chi connectivity index (χ4v) is 3.12. The number of carboxylic acid groups (broad SMARTS) is 1. The van der Waals surface area contributed by atoms with Crippen LogP contribution in [-0.4, -0.2) is 55.0 Å². The van der Waals surface area contributed by atoms with Crippen molar-refractivity contribution in [2.24, 2.45) is 0 Å². The quantitative estimate of drug-likeness (QED) is 0.769. The molecule has 0 amide bonds. The van der Waals surface area contributed by atoms with E-state index in [1.54, 1.807) is 12.1 Å². The summed E-state index contributed by atoms with van der Waals surface area (Å²) >= 11 is 0. The van der Waals surface area contributed by atoms with E-state index in [0.29, 0.717) is 37.7 Å². The zero-order chi connectivity index (χ0) is 19.6. The van der Waals surface area contributed by atoms with Crippen LogP contribution in [0, 0.1) is 11.3 Å². The number of aromatic carboxylic acids is 1. The Bertz CT molecular complexity index is 938. The van der Waals surface area contributed by atoms with E-state index in [1.165, 1.54) is 23.9 Å². The number of nitrogens with two attached hydrogens (primary N) is 1. The molecule has 0 aliphatic carbocycles. The molecule has 2 heterocycles. The number of carboxylic acids is 1. The van der Waals surface area contributed by atoms with Crippen molar-refractivity contribution < 1.29 is 24.2 Å². The highest BCUT2D eigenvalue weighted by molar-refractivity contribution is 5.99. The Labute approximate surface area is 155 Å². The van der Waals surface area contributed by atoms with Crippen molar-refractivity contribution in [1.82, 2.24) is 4.57 Å². The number of nitriles is 1. The molecule has 3 rings (SSSR count). The van der Waals surface area contributed by atoms with E-state index in [4.69, 9.17) is 15.2 Å². The molecule has 0 unspecified atom stereocenters. The number of nitrogens with zero attached hydrogens (tertiary/aromatic N) is 3. The summed E-state index contributed by atoms with van der Waals surface area (Å²) in [6, 6.07) is 6.68. The first-order chi connectivity index (χ1) is 13.0. The normalized spacial score (nSPS) is 13.9. The fourth-order valence-electron chi connectivity index (χ4n) is 3.12. The Balaban J connectivity index is 2.29. The molecule has 1 fully saturated rings. The molecular formula is C18H18N4O5. The highest BCUT2D eigenvalue weighted by Gasteiger charge is 2.27. The number of ether oxygens (including phenoxy) is 2. The molecular weight excluding hydrogens is 352 g/mol. The number of rotatable bonds is 4. The lowest BCUT2D eigenvalue weighted by Gasteiger charge is -2.32. The molecule has 140 valence electrons. The maximum Gasteiger partial charge on any atom is 0.357 e. The van der Waals surface area contributed by atoms with E-state index in [-0.39, 0.29) is 22.5 Å². The number of hydrogen-bond acceptors (Lipinski definition) is 7. The van der Waals surface area contributed by atoms with Gasteiger partial charge in [-0.15, -0.1) is 0 Å². The van der Waals surface area contributed by atoms with Crippen LogP contribution in [0.15, 0.2) is 24.4 Å². The van der Waals surface area contributed by atoms with Gasteiger partial charge in [-0.2, -0.15) is 5.26 Å². The number of aromatic nitrogens is 1. The van der Waals surface area contributed by atoms with Gasteiger partial charge in [-0.25, -0.2) is 9.59 Å². The van der Waals surface area contributed by atoms with Crippen molar-refractivity contribution in [2.45, 2.75) is 0 Å². The summed E-state index contributed by atoms with van der Waals surface area (Å²) in [4.78, 5) is 26.0. The Morgan fingerprint density at radius 2 is 2.04 bits per heavy atom. The van der Waals surface area contributed by atoms with Gasteiger partial charge in [-0.05, 0) is 12.1 Å². The monoisotopic (exact) mass is 370 g/mol. The van der Waals surface area contributed by atoms with Crippen molar-refractivity contribution >= 4 is 23.3 Å². The van der Waals surface area contributed by atoms with Crippen molar-refractivity contribution in [3.05, 3.63) is 41.2 Å². The van der Waals surface area contributed by atoms with Crippen LogP contribution in [0.1, 0.15) is 26.4 Å². The van der Waals surface area contributed by atoms with Crippen molar-refractivity contribution in [2.75, 3.05) is 44.0 Å². The molecule has 2 aromatic rings. The van der Waals surface area contributed by atoms with E-state index in [0.717, 1.165) is 0 Å². The Morgan fingerprint density at radius 3 is 2.63 bits per heavy atom. The van der Waals surface area contributed by atoms with Crippen LogP contribution in [0.3, 0.4) is 0 Å². The van der Waals surface area contributed by atoms with Gasteiger partial charge in [-0.3, -0.25) is 0 Å². The number of anilines is 2. The van der Waals surface area contributed by atoms with Gasteiger partial charge in [0.2, 0.25) is 0 Å². The third kappa shape index (κ3) is 3.18. The van der Waals surface area contributed by atoms with E-state index in [9.17, 15) is 20.0 Å². The van der Waals surface area contributed by atoms with Crippen LogP contribution in [0.2, 0.25) is 0 Å². The van der Waals surface area contributed by atoms with Gasteiger partial charge in [0.15, 0.2) is 5.69 Å². The number of hydrogen-bond donors (Lipinski definition) is 2. The van der Waals surface area contributed by atoms with Gasteiger partial charge in [0.05, 0.1) is 48.5 Å². The summed E-state index contributed by atoms with van der Waals surface area (Å²) in [7, 11) is 1.21. The van der Waals surface area contributed by atoms with Crippen molar-refractivity contribution in [3.8, 4) is 11.8 Å². The lowest BCUT2D eigenvalue weighted by atomic mass is 10.1. The Morgan fingerprint density at radius 1 is 1.33 bits per heavy atom. The zero-order valence-corrected chi connectivity index (χ0v) is 14.6. The van der Waals surface area contributed by atoms with Gasteiger partial charge in [0.1, 0.15) is 6.07 Å². The maximum absolute atomic E-state index is 12.3. The lowest BCUT2D eigenvalue weighted by molar-refractivity contribution is 0.0592. The number of carbonyl (C=O) groups excluding carboxylic acids is 1. The molecule has 3 N–H and O–H groups in total. The minimum Gasteiger partial charge on any atom is -0.478 e. The number of esters is 1. The molecule has 9 heteroatoms. The highest BCUT2D eigenvalue weighted by Crippen LogP contribution is 2.34. The second-order valence-electron chi connectivity index (χ2n) is 5.86. The van der Waals surface area contributed by atoms with Crippen molar-refractivity contribution in [3.63, 3.8) is 0 Å². The first-order valence-corrected chi connectivity index (χ1v) is 8.18. The molecule has 1 aliphatic rings. The minimum atomic E-state index is -1.10. The zero-order valence-electron chi connectivity index (χ0n) is 14.6. The number of morpholine rings is 1. The number of methoxy groups -OCH3 is 1. The molecule has 9 nitrogen and oxygen atoms in total. The second-order valence-corrected chi connectivity index (χ2v) is 5.86. The van der Waals surface area contributed by atoms with Gasteiger partial charge < -0.3 is 29.8 Å². The average molecular weight is 370 g/mol. The number of carbonyl (C=O) groups is 2. The summed E-state index contributed by atoms with van der Waals surface area (Å²) in [5.74, 6) is -1.82. The Kier molecular flexibility index (Phi) is 5.00. The van der Waals surface area contributed by atoms with Crippen LogP contribution >= 0.6 is 0 Å². The molecule has 0 atom stereocenters. The SMILES string of the molecule is COC(=O)c1c(N)c(C#N)cn1-c1cccc(C(=O)O)c1N1CCOCC1. The summed E-state index contributed by atoms with van der Waals surface area (Å²) in [5, 5.41) is 19.0. The molecule has 1 aromatic carbocycles. The van der Waals surface area contributed by atoms with E-state index < -0.39 is 11.9 Å². The first-order valence-electron chi connectivity index (χ1n) is 8.18. The summed E-state index contributed by atoms with van der Waals surface area (Å²) < 4.78 is 11.6. The molecule has 0 saturated carbocycles. The minimum absolute atomic E-state index is 0.0157. The lowest BCUT2D eigenvalue weighted by Crippen LogP contribution is -2.38.